The quantitative estimate of drug-likeness (QED) is 0.343. The second kappa shape index (κ2) is 12.6. The Morgan fingerprint density at radius 1 is 1.17 bits per heavy atom. The summed E-state index contributed by atoms with van der Waals surface area (Å²) in [5.41, 5.74) is 1.25. The van der Waals surface area contributed by atoms with Crippen molar-refractivity contribution in [3.63, 3.8) is 0 Å². The van der Waals surface area contributed by atoms with E-state index in [0.29, 0.717) is 6.04 Å². The molecule has 1 aromatic heterocycles. The molecular formula is C23H34N4O2S. The average molecular weight is 431 g/mol. The molecule has 0 radical (unpaired) electrons. The van der Waals surface area contributed by atoms with Crippen LogP contribution in [0.2, 0.25) is 0 Å². The number of morpholine rings is 1. The molecule has 1 unspecified atom stereocenters. The van der Waals surface area contributed by atoms with Gasteiger partial charge in [0, 0.05) is 38.1 Å². The van der Waals surface area contributed by atoms with Crippen LogP contribution in [0, 0.1) is 6.92 Å². The first-order valence-electron chi connectivity index (χ1n) is 10.8. The van der Waals surface area contributed by atoms with Crippen molar-refractivity contribution < 1.29 is 9.47 Å². The van der Waals surface area contributed by atoms with E-state index in [1.807, 2.05) is 30.5 Å². The maximum atomic E-state index is 5.79. The highest BCUT2D eigenvalue weighted by Crippen LogP contribution is 2.25. The number of hydrogen-bond acceptors (Lipinski definition) is 5. The molecule has 0 bridgehead atoms. The standard InChI is InChI=1S/C23H34N4O2S/c1-19-7-9-20(10-8-19)29-14-4-3-11-25-23(24-2)26-18-21(22-6-5-17-30-22)27-12-15-28-16-13-27/h5-10,17,21H,3-4,11-16,18H2,1-2H3,(H2,24,25,26). The Morgan fingerprint density at radius 2 is 1.97 bits per heavy atom. The van der Waals surface area contributed by atoms with Crippen molar-refractivity contribution in [2.75, 3.05) is 53.0 Å². The summed E-state index contributed by atoms with van der Waals surface area (Å²) in [7, 11) is 1.82. The molecule has 0 amide bonds. The highest BCUT2D eigenvalue weighted by atomic mass is 32.1. The number of aryl methyl sites for hydroxylation is 1. The van der Waals surface area contributed by atoms with Crippen molar-refractivity contribution >= 4 is 17.3 Å². The number of nitrogens with zero attached hydrogens (tertiary/aromatic N) is 2. The van der Waals surface area contributed by atoms with Gasteiger partial charge in [-0.1, -0.05) is 23.8 Å². The van der Waals surface area contributed by atoms with E-state index >= 15 is 0 Å². The van der Waals surface area contributed by atoms with E-state index in [2.05, 4.69) is 57.1 Å². The van der Waals surface area contributed by atoms with Crippen LogP contribution in [0.4, 0.5) is 0 Å². The maximum Gasteiger partial charge on any atom is 0.191 e. The molecule has 2 N–H and O–H groups in total. The van der Waals surface area contributed by atoms with Crippen molar-refractivity contribution in [2.45, 2.75) is 25.8 Å². The predicted octanol–water partition coefficient (Wildman–Crippen LogP) is 3.45. The highest BCUT2D eigenvalue weighted by molar-refractivity contribution is 7.10. The zero-order chi connectivity index (χ0) is 21.0. The Kier molecular flexibility index (Phi) is 9.47. The minimum Gasteiger partial charge on any atom is -0.494 e. The van der Waals surface area contributed by atoms with Crippen molar-refractivity contribution in [1.29, 1.82) is 0 Å². The van der Waals surface area contributed by atoms with Crippen LogP contribution in [0.15, 0.2) is 46.8 Å². The third kappa shape index (κ3) is 7.31. The number of unbranched alkanes of at least 4 members (excludes halogenated alkanes) is 1. The second-order valence-electron chi connectivity index (χ2n) is 7.43. The number of guanidine groups is 1. The summed E-state index contributed by atoms with van der Waals surface area (Å²) in [6.07, 6.45) is 2.04. The molecule has 3 rings (SSSR count). The summed E-state index contributed by atoms with van der Waals surface area (Å²) in [5.74, 6) is 1.79. The Morgan fingerprint density at radius 3 is 2.67 bits per heavy atom. The van der Waals surface area contributed by atoms with E-state index in [1.54, 1.807) is 0 Å². The van der Waals surface area contributed by atoms with Gasteiger partial charge in [-0.2, -0.15) is 0 Å². The molecule has 0 saturated carbocycles. The monoisotopic (exact) mass is 430 g/mol. The van der Waals surface area contributed by atoms with Crippen LogP contribution in [0.5, 0.6) is 5.75 Å². The lowest BCUT2D eigenvalue weighted by Crippen LogP contribution is -2.46. The maximum absolute atomic E-state index is 5.79. The first-order valence-corrected chi connectivity index (χ1v) is 11.6. The number of benzene rings is 1. The Labute approximate surface area is 184 Å². The van der Waals surface area contributed by atoms with Crippen molar-refractivity contribution in [2.24, 2.45) is 4.99 Å². The summed E-state index contributed by atoms with van der Waals surface area (Å²) in [5, 5.41) is 9.08. The lowest BCUT2D eigenvalue weighted by atomic mass is 10.2. The van der Waals surface area contributed by atoms with Crippen LogP contribution >= 0.6 is 11.3 Å². The normalized spacial score (nSPS) is 16.3. The fraction of sp³-hybridized carbons (Fsp3) is 0.522. The van der Waals surface area contributed by atoms with Gasteiger partial charge in [-0.15, -0.1) is 11.3 Å². The minimum absolute atomic E-state index is 0.343. The van der Waals surface area contributed by atoms with E-state index in [1.165, 1.54) is 10.4 Å². The van der Waals surface area contributed by atoms with Gasteiger partial charge < -0.3 is 20.1 Å². The SMILES string of the molecule is CN=C(NCCCCOc1ccc(C)cc1)NCC(c1cccs1)N1CCOCC1. The highest BCUT2D eigenvalue weighted by Gasteiger charge is 2.23. The lowest BCUT2D eigenvalue weighted by Gasteiger charge is -2.34. The van der Waals surface area contributed by atoms with E-state index in [0.717, 1.165) is 70.6 Å². The predicted molar refractivity (Wildman–Crippen MR) is 125 cm³/mol. The molecule has 6 nitrogen and oxygen atoms in total. The molecule has 1 saturated heterocycles. The molecule has 164 valence electrons. The van der Waals surface area contributed by atoms with Crippen LogP contribution in [0.3, 0.4) is 0 Å². The first kappa shape index (κ1) is 22.6. The summed E-state index contributed by atoms with van der Waals surface area (Å²) < 4.78 is 11.3. The molecule has 1 aliphatic heterocycles. The topological polar surface area (TPSA) is 58.1 Å². The van der Waals surface area contributed by atoms with Gasteiger partial charge in [-0.3, -0.25) is 9.89 Å². The third-order valence-electron chi connectivity index (χ3n) is 5.20. The van der Waals surface area contributed by atoms with Gasteiger partial charge in [-0.25, -0.2) is 0 Å². The smallest absolute Gasteiger partial charge is 0.191 e. The molecule has 2 heterocycles. The zero-order valence-electron chi connectivity index (χ0n) is 18.1. The summed E-state index contributed by atoms with van der Waals surface area (Å²) >= 11 is 1.81. The van der Waals surface area contributed by atoms with Crippen LogP contribution in [-0.2, 0) is 4.74 Å². The molecule has 1 fully saturated rings. The van der Waals surface area contributed by atoms with E-state index < -0.39 is 0 Å². The fourth-order valence-corrected chi connectivity index (χ4v) is 4.31. The Balaban J connectivity index is 1.36. The second-order valence-corrected chi connectivity index (χ2v) is 8.41. The van der Waals surface area contributed by atoms with Gasteiger partial charge in [0.05, 0.1) is 25.9 Å². The largest absolute Gasteiger partial charge is 0.494 e. The Hall–Kier alpha value is -2.09. The molecule has 0 aliphatic carbocycles. The van der Waals surface area contributed by atoms with Gasteiger partial charge in [0.2, 0.25) is 0 Å². The van der Waals surface area contributed by atoms with Crippen molar-refractivity contribution in [3.05, 3.63) is 52.2 Å². The van der Waals surface area contributed by atoms with E-state index in [4.69, 9.17) is 9.47 Å². The number of hydrogen-bond donors (Lipinski definition) is 2. The van der Waals surface area contributed by atoms with Gasteiger partial charge in [0.25, 0.3) is 0 Å². The molecule has 1 aromatic carbocycles. The van der Waals surface area contributed by atoms with Gasteiger partial charge >= 0.3 is 0 Å². The summed E-state index contributed by atoms with van der Waals surface area (Å²) in [6.45, 7) is 8.07. The van der Waals surface area contributed by atoms with E-state index in [9.17, 15) is 0 Å². The van der Waals surface area contributed by atoms with E-state index in [-0.39, 0.29) is 0 Å². The van der Waals surface area contributed by atoms with Crippen LogP contribution in [0.1, 0.15) is 29.3 Å². The molecule has 2 aromatic rings. The summed E-state index contributed by atoms with van der Waals surface area (Å²) in [4.78, 5) is 8.26. The summed E-state index contributed by atoms with van der Waals surface area (Å²) in [6, 6.07) is 12.9. The van der Waals surface area contributed by atoms with Crippen molar-refractivity contribution in [1.82, 2.24) is 15.5 Å². The zero-order valence-corrected chi connectivity index (χ0v) is 18.9. The number of rotatable bonds is 10. The molecule has 1 atom stereocenters. The lowest BCUT2D eigenvalue weighted by molar-refractivity contribution is 0.0177. The molecular weight excluding hydrogens is 396 g/mol. The van der Waals surface area contributed by atoms with Crippen LogP contribution in [-0.4, -0.2) is 63.9 Å². The molecule has 0 spiro atoms. The van der Waals surface area contributed by atoms with Crippen LogP contribution in [0.25, 0.3) is 0 Å². The third-order valence-corrected chi connectivity index (χ3v) is 6.17. The number of aliphatic imine (C=N–C) groups is 1. The molecule has 7 heteroatoms. The first-order chi connectivity index (χ1) is 14.8. The molecule has 1 aliphatic rings. The number of nitrogens with one attached hydrogen (secondary N) is 2. The van der Waals surface area contributed by atoms with Gasteiger partial charge in [0.15, 0.2) is 5.96 Å². The van der Waals surface area contributed by atoms with Crippen LogP contribution < -0.4 is 15.4 Å². The number of ether oxygens (including phenoxy) is 2. The van der Waals surface area contributed by atoms with Gasteiger partial charge in [0.1, 0.15) is 5.75 Å². The average Bonchev–Trinajstić information content (AvgIpc) is 3.31. The Bertz CT molecular complexity index is 743. The molecule has 30 heavy (non-hydrogen) atoms. The van der Waals surface area contributed by atoms with Gasteiger partial charge in [-0.05, 0) is 43.3 Å². The van der Waals surface area contributed by atoms with Crippen molar-refractivity contribution in [3.8, 4) is 5.75 Å². The minimum atomic E-state index is 0.343. The number of thiophene rings is 1. The fourth-order valence-electron chi connectivity index (χ4n) is 3.45.